The maximum Gasteiger partial charge on any atom is 0.271 e. The maximum atomic E-state index is 12.4. The zero-order valence-corrected chi connectivity index (χ0v) is 16.9. The first-order chi connectivity index (χ1) is 13.8. The summed E-state index contributed by atoms with van der Waals surface area (Å²) < 4.78 is 27.3. The molecule has 0 bridgehead atoms. The Hall–Kier alpha value is -3.45. The Labute approximate surface area is 170 Å². The van der Waals surface area contributed by atoms with Gasteiger partial charge in [-0.3, -0.25) is 9.52 Å². The van der Waals surface area contributed by atoms with E-state index in [2.05, 4.69) is 15.2 Å². The lowest BCUT2D eigenvalue weighted by atomic mass is 10.2. The van der Waals surface area contributed by atoms with Crippen molar-refractivity contribution in [2.75, 3.05) is 4.72 Å². The van der Waals surface area contributed by atoms with Crippen molar-refractivity contribution in [1.29, 1.82) is 0 Å². The number of sulfonamides is 1. The van der Waals surface area contributed by atoms with Crippen molar-refractivity contribution in [3.05, 3.63) is 95.1 Å². The Morgan fingerprint density at radius 1 is 0.828 bits per heavy atom. The van der Waals surface area contributed by atoms with Crippen LogP contribution in [0.3, 0.4) is 0 Å². The van der Waals surface area contributed by atoms with Crippen molar-refractivity contribution >= 4 is 27.8 Å². The molecule has 3 aromatic carbocycles. The van der Waals surface area contributed by atoms with Gasteiger partial charge in [-0.1, -0.05) is 47.5 Å². The van der Waals surface area contributed by atoms with Gasteiger partial charge >= 0.3 is 0 Å². The Bertz CT molecular complexity index is 1120. The number of aryl methyl sites for hydroxylation is 2. The number of rotatable bonds is 6. The molecule has 3 rings (SSSR count). The number of hydrogen-bond acceptors (Lipinski definition) is 4. The van der Waals surface area contributed by atoms with Gasteiger partial charge in [-0.15, -0.1) is 0 Å². The SMILES string of the molecule is Cc1ccc(C=NNC(=O)c2ccc(NS(=O)(=O)c3ccc(C)cc3)cc2)cc1. The van der Waals surface area contributed by atoms with E-state index in [1.165, 1.54) is 24.3 Å². The van der Waals surface area contributed by atoms with Gasteiger partial charge in [0.1, 0.15) is 0 Å². The van der Waals surface area contributed by atoms with Crippen molar-refractivity contribution in [3.8, 4) is 0 Å². The van der Waals surface area contributed by atoms with Crippen LogP contribution in [0.2, 0.25) is 0 Å². The van der Waals surface area contributed by atoms with Crippen molar-refractivity contribution < 1.29 is 13.2 Å². The number of carbonyl (C=O) groups excluding carboxylic acids is 1. The van der Waals surface area contributed by atoms with Crippen LogP contribution in [-0.4, -0.2) is 20.5 Å². The quantitative estimate of drug-likeness (QED) is 0.480. The molecular weight excluding hydrogens is 386 g/mol. The van der Waals surface area contributed by atoms with Gasteiger partial charge in [0.15, 0.2) is 0 Å². The molecule has 0 saturated carbocycles. The van der Waals surface area contributed by atoms with E-state index in [9.17, 15) is 13.2 Å². The van der Waals surface area contributed by atoms with E-state index < -0.39 is 10.0 Å². The number of amides is 1. The van der Waals surface area contributed by atoms with Gasteiger partial charge in [0, 0.05) is 11.3 Å². The molecular formula is C22H21N3O3S. The predicted octanol–water partition coefficient (Wildman–Crippen LogP) is 3.87. The third-order valence-corrected chi connectivity index (χ3v) is 5.58. The lowest BCUT2D eigenvalue weighted by molar-refractivity contribution is 0.0955. The van der Waals surface area contributed by atoms with Gasteiger partial charge in [-0.2, -0.15) is 5.10 Å². The first kappa shape index (κ1) is 20.3. The number of anilines is 1. The summed E-state index contributed by atoms with van der Waals surface area (Å²) in [5.74, 6) is -0.388. The molecule has 0 aliphatic heterocycles. The van der Waals surface area contributed by atoms with Crippen molar-refractivity contribution in [3.63, 3.8) is 0 Å². The average molecular weight is 407 g/mol. The maximum absolute atomic E-state index is 12.4. The molecule has 7 heteroatoms. The van der Waals surface area contributed by atoms with E-state index >= 15 is 0 Å². The third kappa shape index (κ3) is 5.52. The molecule has 0 saturated heterocycles. The minimum Gasteiger partial charge on any atom is -0.280 e. The summed E-state index contributed by atoms with van der Waals surface area (Å²) in [5, 5.41) is 3.94. The van der Waals surface area contributed by atoms with Crippen LogP contribution in [0.4, 0.5) is 5.69 Å². The first-order valence-electron chi connectivity index (χ1n) is 8.93. The zero-order chi connectivity index (χ0) is 20.9. The molecule has 0 heterocycles. The minimum absolute atomic E-state index is 0.176. The summed E-state index contributed by atoms with van der Waals surface area (Å²) >= 11 is 0. The summed E-state index contributed by atoms with van der Waals surface area (Å²) in [6, 6.07) is 20.4. The van der Waals surface area contributed by atoms with Gasteiger partial charge in [0.2, 0.25) is 0 Å². The minimum atomic E-state index is -3.69. The van der Waals surface area contributed by atoms with Crippen LogP contribution in [0.1, 0.15) is 27.0 Å². The van der Waals surface area contributed by atoms with Crippen LogP contribution in [0.5, 0.6) is 0 Å². The molecule has 0 aliphatic carbocycles. The number of carbonyl (C=O) groups is 1. The third-order valence-electron chi connectivity index (χ3n) is 4.19. The van der Waals surface area contributed by atoms with Crippen molar-refractivity contribution in [2.24, 2.45) is 5.10 Å². The Morgan fingerprint density at radius 3 is 1.97 bits per heavy atom. The zero-order valence-electron chi connectivity index (χ0n) is 16.1. The average Bonchev–Trinajstić information content (AvgIpc) is 2.70. The summed E-state index contributed by atoms with van der Waals surface area (Å²) in [6.45, 7) is 3.88. The van der Waals surface area contributed by atoms with E-state index in [-0.39, 0.29) is 10.8 Å². The van der Waals surface area contributed by atoms with Crippen molar-refractivity contribution in [2.45, 2.75) is 18.7 Å². The number of nitrogens with one attached hydrogen (secondary N) is 2. The van der Waals surface area contributed by atoms with Crippen LogP contribution < -0.4 is 10.1 Å². The molecule has 0 aromatic heterocycles. The summed E-state index contributed by atoms with van der Waals surface area (Å²) in [7, 11) is -3.69. The highest BCUT2D eigenvalue weighted by molar-refractivity contribution is 7.92. The Morgan fingerprint density at radius 2 is 1.38 bits per heavy atom. The van der Waals surface area contributed by atoms with Gasteiger partial charge in [0.25, 0.3) is 15.9 Å². The Balaban J connectivity index is 1.62. The number of nitrogens with zero attached hydrogens (tertiary/aromatic N) is 1. The van der Waals surface area contributed by atoms with E-state index in [0.29, 0.717) is 11.3 Å². The van der Waals surface area contributed by atoms with Crippen LogP contribution in [0, 0.1) is 13.8 Å². The second kappa shape index (κ2) is 8.70. The van der Waals surface area contributed by atoms with E-state index in [4.69, 9.17) is 0 Å². The number of benzene rings is 3. The van der Waals surface area contributed by atoms with Gasteiger partial charge < -0.3 is 0 Å². The monoisotopic (exact) mass is 407 g/mol. The molecule has 2 N–H and O–H groups in total. The molecule has 0 unspecified atom stereocenters. The second-order valence-corrected chi connectivity index (χ2v) is 8.29. The molecule has 0 radical (unpaired) electrons. The van der Waals surface area contributed by atoms with Gasteiger partial charge in [-0.05, 0) is 55.8 Å². The molecule has 1 amide bonds. The fraction of sp³-hybridized carbons (Fsp3) is 0.0909. The standard InChI is InChI=1S/C22H21N3O3S/c1-16-3-7-18(8-4-16)15-23-24-22(26)19-9-11-20(12-10-19)25-29(27,28)21-13-5-17(2)6-14-21/h3-15,25H,1-2H3,(H,24,26). The molecule has 29 heavy (non-hydrogen) atoms. The van der Waals surface area contributed by atoms with Crippen LogP contribution in [-0.2, 0) is 10.0 Å². The molecule has 0 atom stereocenters. The summed E-state index contributed by atoms with van der Waals surface area (Å²) in [6.07, 6.45) is 1.56. The molecule has 0 spiro atoms. The number of hydrogen-bond donors (Lipinski definition) is 2. The molecule has 6 nitrogen and oxygen atoms in total. The molecule has 148 valence electrons. The predicted molar refractivity (Wildman–Crippen MR) is 115 cm³/mol. The fourth-order valence-corrected chi connectivity index (χ4v) is 3.56. The van der Waals surface area contributed by atoms with E-state index in [1.54, 1.807) is 30.5 Å². The fourth-order valence-electron chi connectivity index (χ4n) is 2.50. The van der Waals surface area contributed by atoms with Gasteiger partial charge in [0.05, 0.1) is 11.1 Å². The highest BCUT2D eigenvalue weighted by Crippen LogP contribution is 2.17. The molecule has 0 aliphatic rings. The lowest BCUT2D eigenvalue weighted by Gasteiger charge is -2.09. The summed E-state index contributed by atoms with van der Waals surface area (Å²) in [4.78, 5) is 12.4. The molecule has 0 fully saturated rings. The van der Waals surface area contributed by atoms with Crippen LogP contribution in [0.15, 0.2) is 82.8 Å². The first-order valence-corrected chi connectivity index (χ1v) is 10.4. The normalized spacial score (nSPS) is 11.4. The Kier molecular flexibility index (Phi) is 6.09. The largest absolute Gasteiger partial charge is 0.280 e. The topological polar surface area (TPSA) is 87.6 Å². The van der Waals surface area contributed by atoms with Gasteiger partial charge in [-0.25, -0.2) is 13.8 Å². The van der Waals surface area contributed by atoms with Crippen LogP contribution >= 0.6 is 0 Å². The second-order valence-electron chi connectivity index (χ2n) is 6.61. The van der Waals surface area contributed by atoms with E-state index in [1.807, 2.05) is 38.1 Å². The van der Waals surface area contributed by atoms with E-state index in [0.717, 1.165) is 16.7 Å². The molecule has 3 aromatic rings. The highest BCUT2D eigenvalue weighted by atomic mass is 32.2. The van der Waals surface area contributed by atoms with Crippen LogP contribution in [0.25, 0.3) is 0 Å². The summed E-state index contributed by atoms with van der Waals surface area (Å²) in [5.41, 5.74) is 6.17. The lowest BCUT2D eigenvalue weighted by Crippen LogP contribution is -2.18. The smallest absolute Gasteiger partial charge is 0.271 e. The highest BCUT2D eigenvalue weighted by Gasteiger charge is 2.14. The van der Waals surface area contributed by atoms with Crippen molar-refractivity contribution in [1.82, 2.24) is 5.43 Å². The number of hydrazone groups is 1.